The van der Waals surface area contributed by atoms with Gasteiger partial charge in [0.2, 0.25) is 0 Å². The molecule has 0 aliphatic rings. The summed E-state index contributed by atoms with van der Waals surface area (Å²) in [6.45, 7) is 0. The maximum absolute atomic E-state index is 11.4. The normalized spacial score (nSPS) is 9.89. The van der Waals surface area contributed by atoms with Gasteiger partial charge in [0.15, 0.2) is 0 Å². The highest BCUT2D eigenvalue weighted by atomic mass is 32.2. The second-order valence-corrected chi connectivity index (χ2v) is 4.74. The molecular weight excluding hydrogens is 282 g/mol. The molecule has 0 radical (unpaired) electrons. The highest BCUT2D eigenvalue weighted by Crippen LogP contribution is 2.38. The van der Waals surface area contributed by atoms with Crippen LogP contribution in [0.4, 0.5) is 5.00 Å². The zero-order chi connectivity index (χ0) is 13.7. The molecule has 7 nitrogen and oxygen atoms in total. The van der Waals surface area contributed by atoms with Gasteiger partial charge in [-0.05, 0) is 0 Å². The van der Waals surface area contributed by atoms with E-state index in [1.165, 1.54) is 19.6 Å². The zero-order valence-corrected chi connectivity index (χ0v) is 11.1. The second-order valence-electron chi connectivity index (χ2n) is 2.90. The third-order valence-corrected chi connectivity index (χ3v) is 4.00. The Labute approximate surface area is 110 Å². The van der Waals surface area contributed by atoms with E-state index in [4.69, 9.17) is 0 Å². The van der Waals surface area contributed by atoms with Gasteiger partial charge in [-0.25, -0.2) is 4.79 Å². The van der Waals surface area contributed by atoms with E-state index >= 15 is 0 Å². The van der Waals surface area contributed by atoms with Crippen molar-refractivity contribution in [2.75, 3.05) is 20.0 Å². The molecule has 18 heavy (non-hydrogen) atoms. The molecule has 0 aromatic carbocycles. The largest absolute Gasteiger partial charge is 0.468 e. The molecule has 1 heterocycles. The number of hydrogen-bond donors (Lipinski definition) is 0. The fourth-order valence-electron chi connectivity index (χ4n) is 1.04. The second kappa shape index (κ2) is 6.36. The van der Waals surface area contributed by atoms with Crippen LogP contribution in [0.5, 0.6) is 0 Å². The molecule has 9 heteroatoms. The molecule has 0 amide bonds. The smallest absolute Gasteiger partial charge is 0.340 e. The average molecular weight is 291 g/mol. The number of nitro groups is 1. The van der Waals surface area contributed by atoms with Gasteiger partial charge in [-0.1, -0.05) is 11.3 Å². The van der Waals surface area contributed by atoms with Crippen molar-refractivity contribution in [3.63, 3.8) is 0 Å². The number of carbonyl (C=O) groups excluding carboxylic acids is 2. The third kappa shape index (κ3) is 3.20. The van der Waals surface area contributed by atoms with Crippen LogP contribution in [0.3, 0.4) is 0 Å². The quantitative estimate of drug-likeness (QED) is 0.352. The molecule has 0 bridgehead atoms. The number of nitrogens with zero attached hydrogens (tertiary/aromatic N) is 1. The van der Waals surface area contributed by atoms with Crippen molar-refractivity contribution in [1.82, 2.24) is 0 Å². The molecule has 0 atom stereocenters. The number of rotatable bonds is 5. The summed E-state index contributed by atoms with van der Waals surface area (Å²) in [5.74, 6) is -1.32. The van der Waals surface area contributed by atoms with Crippen molar-refractivity contribution < 1.29 is 24.0 Å². The topological polar surface area (TPSA) is 95.7 Å². The minimum Gasteiger partial charge on any atom is -0.468 e. The summed E-state index contributed by atoms with van der Waals surface area (Å²) < 4.78 is 8.95. The van der Waals surface area contributed by atoms with Crippen molar-refractivity contribution in [1.29, 1.82) is 0 Å². The Kier molecular flexibility index (Phi) is 5.10. The van der Waals surface area contributed by atoms with E-state index in [9.17, 15) is 19.7 Å². The molecule has 0 N–H and O–H groups in total. The van der Waals surface area contributed by atoms with Gasteiger partial charge in [0, 0.05) is 5.38 Å². The van der Waals surface area contributed by atoms with Crippen molar-refractivity contribution >= 4 is 40.0 Å². The van der Waals surface area contributed by atoms with Crippen molar-refractivity contribution in [2.45, 2.75) is 4.90 Å². The van der Waals surface area contributed by atoms with Crippen LogP contribution in [0.15, 0.2) is 10.3 Å². The van der Waals surface area contributed by atoms with Crippen LogP contribution >= 0.6 is 23.1 Å². The summed E-state index contributed by atoms with van der Waals surface area (Å²) in [6, 6.07) is 0. The van der Waals surface area contributed by atoms with Crippen LogP contribution in [0.1, 0.15) is 10.4 Å². The number of thiophene rings is 1. The van der Waals surface area contributed by atoms with Crippen LogP contribution < -0.4 is 0 Å². The number of thioether (sulfide) groups is 1. The molecule has 0 aliphatic heterocycles. The summed E-state index contributed by atoms with van der Waals surface area (Å²) >= 11 is 1.69. The van der Waals surface area contributed by atoms with Crippen LogP contribution in [0.25, 0.3) is 0 Å². The number of ether oxygens (including phenoxy) is 2. The lowest BCUT2D eigenvalue weighted by Gasteiger charge is -2.01. The summed E-state index contributed by atoms with van der Waals surface area (Å²) in [5, 5.41) is 11.9. The van der Waals surface area contributed by atoms with E-state index in [2.05, 4.69) is 9.47 Å². The van der Waals surface area contributed by atoms with E-state index in [1.807, 2.05) is 0 Å². The van der Waals surface area contributed by atoms with Gasteiger partial charge in [-0.3, -0.25) is 14.9 Å². The molecule has 0 spiro atoms. The number of methoxy groups -OCH3 is 2. The molecule has 0 unspecified atom stereocenters. The van der Waals surface area contributed by atoms with Crippen LogP contribution in [-0.2, 0) is 14.3 Å². The van der Waals surface area contributed by atoms with Gasteiger partial charge in [0.05, 0.1) is 30.5 Å². The van der Waals surface area contributed by atoms with Crippen LogP contribution in [-0.4, -0.2) is 36.8 Å². The highest BCUT2D eigenvalue weighted by molar-refractivity contribution is 8.00. The Hall–Kier alpha value is -1.61. The van der Waals surface area contributed by atoms with E-state index in [0.717, 1.165) is 23.1 Å². The molecule has 1 aromatic rings. The maximum Gasteiger partial charge on any atom is 0.340 e. The summed E-state index contributed by atoms with van der Waals surface area (Å²) in [5.41, 5.74) is 0.0862. The average Bonchev–Trinajstić information content (AvgIpc) is 2.78. The predicted octanol–water partition coefficient (Wildman–Crippen LogP) is 1.71. The number of esters is 2. The Balaban J connectivity index is 3.03. The van der Waals surface area contributed by atoms with Crippen LogP contribution in [0.2, 0.25) is 0 Å². The number of hydrogen-bond acceptors (Lipinski definition) is 8. The first-order chi connectivity index (χ1) is 8.51. The Morgan fingerprint density at radius 3 is 2.61 bits per heavy atom. The molecule has 0 fully saturated rings. The first-order valence-electron chi connectivity index (χ1n) is 4.55. The summed E-state index contributed by atoms with van der Waals surface area (Å²) in [6.07, 6.45) is 0. The van der Waals surface area contributed by atoms with Crippen molar-refractivity contribution in [3.05, 3.63) is 21.1 Å². The minimum absolute atomic E-state index is 0.0862. The molecule has 98 valence electrons. The molecule has 0 saturated heterocycles. The van der Waals surface area contributed by atoms with E-state index in [0.29, 0.717) is 0 Å². The SMILES string of the molecule is COC(=O)CSc1c(C(=O)OC)csc1[N+](=O)[O-]. The van der Waals surface area contributed by atoms with Gasteiger partial charge in [-0.2, -0.15) is 0 Å². The van der Waals surface area contributed by atoms with Gasteiger partial charge < -0.3 is 9.47 Å². The molecule has 0 aliphatic carbocycles. The Bertz CT molecular complexity index is 483. The predicted molar refractivity (Wildman–Crippen MR) is 65.1 cm³/mol. The summed E-state index contributed by atoms with van der Waals surface area (Å²) in [7, 11) is 2.40. The molecular formula is C9H9NO6S2. The van der Waals surface area contributed by atoms with E-state index in [-0.39, 0.29) is 21.2 Å². The fraction of sp³-hybridized carbons (Fsp3) is 0.333. The zero-order valence-electron chi connectivity index (χ0n) is 9.50. The van der Waals surface area contributed by atoms with Crippen molar-refractivity contribution in [3.8, 4) is 0 Å². The minimum atomic E-state index is -0.674. The van der Waals surface area contributed by atoms with Gasteiger partial charge >= 0.3 is 16.9 Å². The first kappa shape index (κ1) is 14.5. The lowest BCUT2D eigenvalue weighted by Crippen LogP contribution is -2.05. The van der Waals surface area contributed by atoms with E-state index in [1.54, 1.807) is 0 Å². The van der Waals surface area contributed by atoms with Crippen molar-refractivity contribution in [2.24, 2.45) is 0 Å². The standard InChI is InChI=1S/C9H9NO6S2/c1-15-6(11)4-17-7-5(9(12)16-2)3-18-8(7)10(13)14/h3H,4H2,1-2H3. The first-order valence-corrected chi connectivity index (χ1v) is 6.41. The van der Waals surface area contributed by atoms with E-state index < -0.39 is 16.9 Å². The highest BCUT2D eigenvalue weighted by Gasteiger charge is 2.26. The monoisotopic (exact) mass is 291 g/mol. The molecule has 1 aromatic heterocycles. The fourth-order valence-corrected chi connectivity index (χ4v) is 3.06. The van der Waals surface area contributed by atoms with Gasteiger partial charge in [-0.15, -0.1) is 11.8 Å². The maximum atomic E-state index is 11.4. The molecule has 0 saturated carbocycles. The van der Waals surface area contributed by atoms with Crippen LogP contribution in [0, 0.1) is 10.1 Å². The lowest BCUT2D eigenvalue weighted by molar-refractivity contribution is -0.382. The summed E-state index contributed by atoms with van der Waals surface area (Å²) in [4.78, 5) is 32.8. The lowest BCUT2D eigenvalue weighted by atomic mass is 10.3. The van der Waals surface area contributed by atoms with Gasteiger partial charge in [0.1, 0.15) is 4.90 Å². The Morgan fingerprint density at radius 1 is 1.44 bits per heavy atom. The molecule has 1 rings (SSSR count). The third-order valence-electron chi connectivity index (χ3n) is 1.86. The number of carbonyl (C=O) groups is 2. The van der Waals surface area contributed by atoms with Gasteiger partial charge in [0.25, 0.3) is 0 Å². The Morgan fingerprint density at radius 2 is 2.11 bits per heavy atom.